The summed E-state index contributed by atoms with van der Waals surface area (Å²) in [6.07, 6.45) is 3.57. The lowest BCUT2D eigenvalue weighted by atomic mass is 10.2. The van der Waals surface area contributed by atoms with Gasteiger partial charge >= 0.3 is 0 Å². The first-order chi connectivity index (χ1) is 10.3. The molecule has 0 spiro atoms. The number of hydrogen-bond acceptors (Lipinski definition) is 3. The van der Waals surface area contributed by atoms with Gasteiger partial charge in [0.15, 0.2) is 0 Å². The molecule has 3 nitrogen and oxygen atoms in total. The summed E-state index contributed by atoms with van der Waals surface area (Å²) in [5, 5.41) is 4.09. The molecular weight excluding hydrogens is 267 g/mol. The van der Waals surface area contributed by atoms with Gasteiger partial charge in [-0.05, 0) is 30.7 Å². The number of rotatable bonds is 7. The summed E-state index contributed by atoms with van der Waals surface area (Å²) in [5.41, 5.74) is 4.43. The summed E-state index contributed by atoms with van der Waals surface area (Å²) in [7, 11) is 0. The predicted octanol–water partition coefficient (Wildman–Crippen LogP) is 4.45. The molecule has 0 aromatic heterocycles. The van der Waals surface area contributed by atoms with Crippen LogP contribution in [0.4, 0.5) is 10.1 Å². The van der Waals surface area contributed by atoms with Crippen molar-refractivity contribution in [2.24, 2.45) is 5.10 Å². The number of benzene rings is 2. The van der Waals surface area contributed by atoms with Gasteiger partial charge in [0.05, 0.1) is 18.5 Å². The van der Waals surface area contributed by atoms with E-state index in [0.717, 1.165) is 18.5 Å². The maximum absolute atomic E-state index is 13.5. The average Bonchev–Trinajstić information content (AvgIpc) is 2.48. The number of hydrogen-bond donors (Lipinski definition) is 1. The fraction of sp³-hybridized carbons (Fsp3) is 0.235. The highest BCUT2D eigenvalue weighted by molar-refractivity contribution is 5.80. The number of halogens is 1. The highest BCUT2D eigenvalue weighted by Crippen LogP contribution is 2.16. The van der Waals surface area contributed by atoms with Crippen molar-refractivity contribution >= 4 is 11.9 Å². The fourth-order valence-electron chi connectivity index (χ4n) is 1.77. The van der Waals surface area contributed by atoms with E-state index in [1.165, 1.54) is 12.1 Å². The molecule has 21 heavy (non-hydrogen) atoms. The van der Waals surface area contributed by atoms with Crippen LogP contribution in [-0.2, 0) is 0 Å². The second kappa shape index (κ2) is 8.04. The number of anilines is 1. The first kappa shape index (κ1) is 15.0. The Hall–Kier alpha value is -2.36. The van der Waals surface area contributed by atoms with Crippen LogP contribution in [0.5, 0.6) is 5.75 Å². The van der Waals surface area contributed by atoms with Gasteiger partial charge in [-0.15, -0.1) is 0 Å². The molecule has 2 rings (SSSR count). The molecule has 0 atom stereocenters. The van der Waals surface area contributed by atoms with Crippen LogP contribution in [0.3, 0.4) is 0 Å². The Morgan fingerprint density at radius 1 is 1.19 bits per heavy atom. The summed E-state index contributed by atoms with van der Waals surface area (Å²) >= 11 is 0. The Labute approximate surface area is 124 Å². The molecule has 1 N–H and O–H groups in total. The molecule has 0 aliphatic carbocycles. The summed E-state index contributed by atoms with van der Waals surface area (Å²) in [5.74, 6) is 0.203. The first-order valence-electron chi connectivity index (χ1n) is 7.05. The molecule has 0 radical (unpaired) electrons. The molecule has 0 saturated heterocycles. The van der Waals surface area contributed by atoms with E-state index in [1.54, 1.807) is 12.3 Å². The molecule has 0 aliphatic rings. The van der Waals surface area contributed by atoms with Gasteiger partial charge in [0.25, 0.3) is 0 Å². The highest BCUT2D eigenvalue weighted by atomic mass is 19.1. The average molecular weight is 286 g/mol. The largest absolute Gasteiger partial charge is 0.493 e. The van der Waals surface area contributed by atoms with Crippen LogP contribution in [-0.4, -0.2) is 12.8 Å². The van der Waals surface area contributed by atoms with E-state index in [1.807, 2.05) is 30.3 Å². The second-order valence-electron chi connectivity index (χ2n) is 4.66. The first-order valence-corrected chi connectivity index (χ1v) is 7.05. The van der Waals surface area contributed by atoms with Crippen molar-refractivity contribution in [3.05, 3.63) is 59.9 Å². The molecule has 0 unspecified atom stereocenters. The summed E-state index contributed by atoms with van der Waals surface area (Å²) < 4.78 is 19.0. The molecule has 0 saturated carbocycles. The van der Waals surface area contributed by atoms with Crippen molar-refractivity contribution in [1.29, 1.82) is 0 Å². The lowest BCUT2D eigenvalue weighted by Gasteiger charge is -2.06. The third-order valence-corrected chi connectivity index (χ3v) is 2.84. The maximum atomic E-state index is 13.5. The minimum atomic E-state index is -0.329. The van der Waals surface area contributed by atoms with Crippen LogP contribution in [0.2, 0.25) is 0 Å². The van der Waals surface area contributed by atoms with Gasteiger partial charge in [0, 0.05) is 11.6 Å². The standard InChI is InChI=1S/C17H19FN2O/c1-2-3-9-21-17-11-14(10-15(18)12-17)13-19-20-16-7-5-4-6-8-16/h4-8,10-13,20H,2-3,9H2,1H3. The van der Waals surface area contributed by atoms with Crippen LogP contribution in [0, 0.1) is 5.82 Å². The van der Waals surface area contributed by atoms with Crippen LogP contribution >= 0.6 is 0 Å². The lowest BCUT2D eigenvalue weighted by molar-refractivity contribution is 0.308. The summed E-state index contributed by atoms with van der Waals surface area (Å²) in [6, 6.07) is 14.2. The van der Waals surface area contributed by atoms with E-state index in [0.29, 0.717) is 17.9 Å². The lowest BCUT2D eigenvalue weighted by Crippen LogP contribution is -1.98. The summed E-state index contributed by atoms with van der Waals surface area (Å²) in [6.45, 7) is 2.68. The molecule has 0 amide bonds. The van der Waals surface area contributed by atoms with Gasteiger partial charge in [0.2, 0.25) is 0 Å². The van der Waals surface area contributed by atoms with Crippen LogP contribution in [0.1, 0.15) is 25.3 Å². The van der Waals surface area contributed by atoms with Crippen molar-refractivity contribution < 1.29 is 9.13 Å². The third kappa shape index (κ3) is 5.26. The smallest absolute Gasteiger partial charge is 0.127 e. The molecule has 0 fully saturated rings. The Morgan fingerprint density at radius 3 is 2.76 bits per heavy atom. The quantitative estimate of drug-likeness (QED) is 0.463. The van der Waals surface area contributed by atoms with Gasteiger partial charge in [-0.3, -0.25) is 5.43 Å². The van der Waals surface area contributed by atoms with E-state index < -0.39 is 0 Å². The van der Waals surface area contributed by atoms with Crippen molar-refractivity contribution in [2.75, 3.05) is 12.0 Å². The number of unbranched alkanes of at least 4 members (excludes halogenated alkanes) is 1. The van der Waals surface area contributed by atoms with Gasteiger partial charge in [-0.25, -0.2) is 4.39 Å². The number of ether oxygens (including phenoxy) is 1. The third-order valence-electron chi connectivity index (χ3n) is 2.84. The van der Waals surface area contributed by atoms with Crippen LogP contribution in [0.15, 0.2) is 53.6 Å². The Bertz CT molecular complexity index is 585. The van der Waals surface area contributed by atoms with Crippen molar-refractivity contribution in [3.63, 3.8) is 0 Å². The van der Waals surface area contributed by atoms with Crippen LogP contribution < -0.4 is 10.2 Å². The molecule has 2 aromatic carbocycles. The monoisotopic (exact) mass is 286 g/mol. The topological polar surface area (TPSA) is 33.6 Å². The number of nitrogens with one attached hydrogen (secondary N) is 1. The van der Waals surface area contributed by atoms with Gasteiger partial charge < -0.3 is 4.74 Å². The molecular formula is C17H19FN2O. The molecule has 0 bridgehead atoms. The van der Waals surface area contributed by atoms with E-state index in [4.69, 9.17) is 4.74 Å². The van der Waals surface area contributed by atoms with Gasteiger partial charge in [0.1, 0.15) is 11.6 Å². The summed E-state index contributed by atoms with van der Waals surface area (Å²) in [4.78, 5) is 0. The van der Waals surface area contributed by atoms with Crippen LogP contribution in [0.25, 0.3) is 0 Å². The zero-order valence-electron chi connectivity index (χ0n) is 12.1. The number of hydrazone groups is 1. The Kier molecular flexibility index (Phi) is 5.76. The number of nitrogens with zero attached hydrogens (tertiary/aromatic N) is 1. The number of para-hydroxylation sites is 1. The zero-order valence-corrected chi connectivity index (χ0v) is 12.1. The Morgan fingerprint density at radius 2 is 2.00 bits per heavy atom. The highest BCUT2D eigenvalue weighted by Gasteiger charge is 2.00. The van der Waals surface area contributed by atoms with E-state index in [2.05, 4.69) is 17.5 Å². The fourth-order valence-corrected chi connectivity index (χ4v) is 1.77. The van der Waals surface area contributed by atoms with Crippen molar-refractivity contribution in [2.45, 2.75) is 19.8 Å². The Balaban J connectivity index is 1.98. The molecule has 0 heterocycles. The minimum Gasteiger partial charge on any atom is -0.493 e. The van der Waals surface area contributed by atoms with Gasteiger partial charge in [-0.2, -0.15) is 5.10 Å². The van der Waals surface area contributed by atoms with E-state index in [-0.39, 0.29) is 5.82 Å². The zero-order chi connectivity index (χ0) is 14.9. The van der Waals surface area contributed by atoms with E-state index in [9.17, 15) is 4.39 Å². The SMILES string of the molecule is CCCCOc1cc(F)cc(C=NNc2ccccc2)c1. The minimum absolute atomic E-state index is 0.329. The molecule has 0 aliphatic heterocycles. The van der Waals surface area contributed by atoms with Crippen molar-refractivity contribution in [3.8, 4) is 5.75 Å². The maximum Gasteiger partial charge on any atom is 0.127 e. The van der Waals surface area contributed by atoms with E-state index >= 15 is 0 Å². The predicted molar refractivity (Wildman–Crippen MR) is 84.5 cm³/mol. The molecule has 4 heteroatoms. The second-order valence-corrected chi connectivity index (χ2v) is 4.66. The molecule has 110 valence electrons. The van der Waals surface area contributed by atoms with Gasteiger partial charge in [-0.1, -0.05) is 31.5 Å². The normalized spacial score (nSPS) is 10.8. The van der Waals surface area contributed by atoms with Crippen molar-refractivity contribution in [1.82, 2.24) is 0 Å². The molecule has 2 aromatic rings.